The number of carbonyl (C=O) groups excluding carboxylic acids is 1. The Morgan fingerprint density at radius 2 is 1.96 bits per heavy atom. The highest BCUT2D eigenvalue weighted by Gasteiger charge is 2.14. The van der Waals surface area contributed by atoms with E-state index in [9.17, 15) is 4.79 Å². The van der Waals surface area contributed by atoms with Crippen molar-refractivity contribution in [1.82, 2.24) is 14.5 Å². The van der Waals surface area contributed by atoms with Crippen LogP contribution in [-0.2, 0) is 13.6 Å². The maximum Gasteiger partial charge on any atom is 0.322 e. The number of aromatic nitrogens is 2. The molecule has 1 N–H and O–H groups in total. The summed E-state index contributed by atoms with van der Waals surface area (Å²) in [5.41, 5.74) is 3.85. The van der Waals surface area contributed by atoms with Crippen LogP contribution in [0.1, 0.15) is 24.7 Å². The summed E-state index contributed by atoms with van der Waals surface area (Å²) in [6, 6.07) is 15.8. The third-order valence-electron chi connectivity index (χ3n) is 4.35. The topological polar surface area (TPSA) is 50.2 Å². The lowest BCUT2D eigenvalue weighted by molar-refractivity contribution is 0.209. The lowest BCUT2D eigenvalue weighted by Gasteiger charge is -2.22. The van der Waals surface area contributed by atoms with Crippen molar-refractivity contribution in [2.45, 2.75) is 26.8 Å². The summed E-state index contributed by atoms with van der Waals surface area (Å²) in [5, 5.41) is 3.01. The number of rotatable bonds is 5. The predicted molar refractivity (Wildman–Crippen MR) is 102 cm³/mol. The Hall–Kier alpha value is -2.82. The molecule has 2 aromatic carbocycles. The molecule has 0 atom stereocenters. The van der Waals surface area contributed by atoms with Crippen LogP contribution in [0.2, 0.25) is 0 Å². The molecular formula is C20H24N4O. The smallest absolute Gasteiger partial charge is 0.322 e. The number of amides is 2. The van der Waals surface area contributed by atoms with Crippen LogP contribution in [0.4, 0.5) is 10.5 Å². The third kappa shape index (κ3) is 3.82. The van der Waals surface area contributed by atoms with Crippen LogP contribution in [0.15, 0.2) is 48.5 Å². The van der Waals surface area contributed by atoms with Crippen molar-refractivity contribution in [2.75, 3.05) is 11.9 Å². The minimum Gasteiger partial charge on any atom is -0.331 e. The van der Waals surface area contributed by atoms with Crippen LogP contribution in [0.5, 0.6) is 0 Å². The molecule has 0 saturated heterocycles. The number of benzene rings is 2. The first-order valence-corrected chi connectivity index (χ1v) is 8.61. The summed E-state index contributed by atoms with van der Waals surface area (Å²) in [6.45, 7) is 5.37. The number of nitrogens with zero attached hydrogens (tertiary/aromatic N) is 3. The fourth-order valence-corrected chi connectivity index (χ4v) is 2.93. The molecule has 0 fully saturated rings. The summed E-state index contributed by atoms with van der Waals surface area (Å²) in [5.74, 6) is 0.954. The third-order valence-corrected chi connectivity index (χ3v) is 4.35. The van der Waals surface area contributed by atoms with E-state index in [4.69, 9.17) is 0 Å². The number of nitrogens with one attached hydrogen (secondary N) is 1. The molecule has 0 unspecified atom stereocenters. The van der Waals surface area contributed by atoms with Gasteiger partial charge in [0.25, 0.3) is 0 Å². The zero-order valence-electron chi connectivity index (χ0n) is 15.0. The van der Waals surface area contributed by atoms with Crippen molar-refractivity contribution < 1.29 is 4.79 Å². The molecule has 0 aliphatic rings. The number of carbonyl (C=O) groups is 1. The second-order valence-electron chi connectivity index (χ2n) is 6.26. The fourth-order valence-electron chi connectivity index (χ4n) is 2.93. The molecular weight excluding hydrogens is 312 g/mol. The normalized spacial score (nSPS) is 10.8. The molecule has 0 spiro atoms. The van der Waals surface area contributed by atoms with E-state index in [1.807, 2.05) is 72.0 Å². The van der Waals surface area contributed by atoms with E-state index >= 15 is 0 Å². The molecule has 0 saturated carbocycles. The molecule has 3 aromatic rings. The standard InChI is InChI=1S/C20H24N4O/c1-4-12-24(14-16-8-6-5-7-9-16)20(25)22-17-10-11-19-18(13-17)21-15(2)23(19)3/h5-11,13H,4,12,14H2,1-3H3,(H,22,25). The van der Waals surface area contributed by atoms with E-state index in [0.717, 1.165) is 34.5 Å². The SMILES string of the molecule is CCCN(Cc1ccccc1)C(=O)Nc1ccc2c(c1)nc(C)n2C. The minimum absolute atomic E-state index is 0.0855. The van der Waals surface area contributed by atoms with Crippen molar-refractivity contribution in [3.05, 3.63) is 59.9 Å². The van der Waals surface area contributed by atoms with E-state index in [1.165, 1.54) is 0 Å². The van der Waals surface area contributed by atoms with Crippen molar-refractivity contribution in [3.63, 3.8) is 0 Å². The first-order valence-electron chi connectivity index (χ1n) is 8.61. The van der Waals surface area contributed by atoms with Gasteiger partial charge in [0.05, 0.1) is 11.0 Å². The van der Waals surface area contributed by atoms with Crippen LogP contribution in [0.25, 0.3) is 11.0 Å². The van der Waals surface area contributed by atoms with Gasteiger partial charge in [-0.15, -0.1) is 0 Å². The fraction of sp³-hybridized carbons (Fsp3) is 0.300. The van der Waals surface area contributed by atoms with E-state index in [-0.39, 0.29) is 6.03 Å². The average Bonchev–Trinajstić information content (AvgIpc) is 2.89. The molecule has 1 heterocycles. The number of fused-ring (bicyclic) bond motifs is 1. The van der Waals surface area contributed by atoms with E-state index < -0.39 is 0 Å². The lowest BCUT2D eigenvalue weighted by atomic mass is 10.2. The minimum atomic E-state index is -0.0855. The van der Waals surface area contributed by atoms with Crippen molar-refractivity contribution in [2.24, 2.45) is 7.05 Å². The maximum absolute atomic E-state index is 12.7. The van der Waals surface area contributed by atoms with Gasteiger partial charge in [-0.25, -0.2) is 9.78 Å². The molecule has 25 heavy (non-hydrogen) atoms. The Kier molecular flexibility index (Phi) is 5.03. The molecule has 5 nitrogen and oxygen atoms in total. The second-order valence-corrected chi connectivity index (χ2v) is 6.26. The summed E-state index contributed by atoms with van der Waals surface area (Å²) in [4.78, 5) is 19.1. The molecule has 0 aliphatic carbocycles. The molecule has 2 amide bonds. The van der Waals surface area contributed by atoms with Gasteiger partial charge in [0.1, 0.15) is 5.82 Å². The summed E-state index contributed by atoms with van der Waals surface area (Å²) < 4.78 is 2.04. The Morgan fingerprint density at radius 3 is 2.68 bits per heavy atom. The Bertz CT molecular complexity index is 870. The molecule has 3 rings (SSSR count). The highest BCUT2D eigenvalue weighted by atomic mass is 16.2. The van der Waals surface area contributed by atoms with Gasteiger partial charge in [0, 0.05) is 25.8 Å². The molecule has 1 aromatic heterocycles. The highest BCUT2D eigenvalue weighted by Crippen LogP contribution is 2.20. The van der Waals surface area contributed by atoms with Crippen LogP contribution >= 0.6 is 0 Å². The number of hydrogen-bond acceptors (Lipinski definition) is 2. The van der Waals surface area contributed by atoms with Gasteiger partial charge in [-0.3, -0.25) is 0 Å². The Morgan fingerprint density at radius 1 is 1.20 bits per heavy atom. The average molecular weight is 336 g/mol. The molecule has 0 bridgehead atoms. The van der Waals surface area contributed by atoms with Crippen LogP contribution < -0.4 is 5.32 Å². The first kappa shape index (κ1) is 17.0. The zero-order chi connectivity index (χ0) is 17.8. The Labute approximate surface area is 148 Å². The summed E-state index contributed by atoms with van der Waals surface area (Å²) >= 11 is 0. The van der Waals surface area contributed by atoms with E-state index in [1.54, 1.807) is 0 Å². The van der Waals surface area contributed by atoms with Gasteiger partial charge >= 0.3 is 6.03 Å². The summed E-state index contributed by atoms with van der Waals surface area (Å²) in [7, 11) is 1.99. The number of anilines is 1. The van der Waals surface area contributed by atoms with Gasteiger partial charge in [0.15, 0.2) is 0 Å². The molecule has 130 valence electrons. The number of urea groups is 1. The number of aryl methyl sites for hydroxylation is 2. The summed E-state index contributed by atoms with van der Waals surface area (Å²) in [6.07, 6.45) is 0.915. The van der Waals surface area contributed by atoms with Gasteiger partial charge in [-0.1, -0.05) is 37.3 Å². The second kappa shape index (κ2) is 7.38. The molecule has 0 aliphatic heterocycles. The maximum atomic E-state index is 12.7. The van der Waals surface area contributed by atoms with Gasteiger partial charge in [-0.2, -0.15) is 0 Å². The first-order chi connectivity index (χ1) is 12.1. The van der Waals surface area contributed by atoms with E-state index in [0.29, 0.717) is 13.1 Å². The van der Waals surface area contributed by atoms with E-state index in [2.05, 4.69) is 17.2 Å². The molecule has 0 radical (unpaired) electrons. The van der Waals surface area contributed by atoms with Gasteiger partial charge < -0.3 is 14.8 Å². The lowest BCUT2D eigenvalue weighted by Crippen LogP contribution is -2.35. The van der Waals surface area contributed by atoms with Crippen molar-refractivity contribution in [3.8, 4) is 0 Å². The quantitative estimate of drug-likeness (QED) is 0.754. The number of hydrogen-bond donors (Lipinski definition) is 1. The molecule has 5 heteroatoms. The predicted octanol–water partition coefficient (Wildman–Crippen LogP) is 4.33. The largest absolute Gasteiger partial charge is 0.331 e. The van der Waals surface area contributed by atoms with Crippen LogP contribution in [-0.4, -0.2) is 27.0 Å². The van der Waals surface area contributed by atoms with Crippen molar-refractivity contribution >= 4 is 22.8 Å². The number of imidazole rings is 1. The highest BCUT2D eigenvalue weighted by molar-refractivity contribution is 5.92. The monoisotopic (exact) mass is 336 g/mol. The van der Waals surface area contributed by atoms with Crippen LogP contribution in [0.3, 0.4) is 0 Å². The Balaban J connectivity index is 1.76. The van der Waals surface area contributed by atoms with Gasteiger partial charge in [0.2, 0.25) is 0 Å². The van der Waals surface area contributed by atoms with Gasteiger partial charge in [-0.05, 0) is 37.1 Å². The van der Waals surface area contributed by atoms with Crippen molar-refractivity contribution in [1.29, 1.82) is 0 Å². The zero-order valence-corrected chi connectivity index (χ0v) is 15.0. The van der Waals surface area contributed by atoms with Crippen LogP contribution in [0, 0.1) is 6.92 Å².